The van der Waals surface area contributed by atoms with E-state index in [1.54, 1.807) is 62.4 Å². The van der Waals surface area contributed by atoms with Crippen LogP contribution in [0.2, 0.25) is 0 Å². The second-order valence-corrected chi connectivity index (χ2v) is 14.7. The second kappa shape index (κ2) is 14.9. The van der Waals surface area contributed by atoms with Gasteiger partial charge in [-0.1, -0.05) is 25.0 Å². The molecule has 0 spiro atoms. The highest BCUT2D eigenvalue weighted by atomic mass is 32.1. The summed E-state index contributed by atoms with van der Waals surface area (Å²) in [6.07, 6.45) is 4.10. The number of methoxy groups -OCH3 is 1. The molecule has 1 aliphatic carbocycles. The number of carbonyl (C=O) groups excluding carboxylic acids is 4. The van der Waals surface area contributed by atoms with Crippen molar-refractivity contribution in [2.45, 2.75) is 78.0 Å². The Hall–Kier alpha value is -5.23. The summed E-state index contributed by atoms with van der Waals surface area (Å²) in [5.74, 6) is -0.960. The van der Waals surface area contributed by atoms with E-state index in [1.165, 1.54) is 7.11 Å². The topological polar surface area (TPSA) is 145 Å². The molecule has 0 unspecified atom stereocenters. The van der Waals surface area contributed by atoms with Crippen molar-refractivity contribution < 1.29 is 33.4 Å². The van der Waals surface area contributed by atoms with Crippen LogP contribution in [0.15, 0.2) is 53.9 Å². The van der Waals surface area contributed by atoms with Gasteiger partial charge in [0.1, 0.15) is 17.0 Å². The number of ether oxygens (including phenoxy) is 3. The summed E-state index contributed by atoms with van der Waals surface area (Å²) in [4.78, 5) is 58.4. The first-order chi connectivity index (χ1) is 24.4. The molecule has 266 valence electrons. The first-order valence-electron chi connectivity index (χ1n) is 17.1. The van der Waals surface area contributed by atoms with Crippen molar-refractivity contribution in [2.75, 3.05) is 19.0 Å². The summed E-state index contributed by atoms with van der Waals surface area (Å²) in [6.45, 7) is 7.96. The quantitative estimate of drug-likeness (QED) is 0.160. The number of esters is 1. The van der Waals surface area contributed by atoms with Crippen LogP contribution in [0.3, 0.4) is 0 Å². The number of thiophene rings is 1. The Labute approximate surface area is 301 Å². The minimum Gasteiger partial charge on any atom is -0.493 e. The van der Waals surface area contributed by atoms with Gasteiger partial charge in [0.05, 0.1) is 13.7 Å². The number of rotatable bonds is 8. The molecule has 11 nitrogen and oxygen atoms in total. The van der Waals surface area contributed by atoms with Gasteiger partial charge in [0.25, 0.3) is 11.8 Å². The smallest absolute Gasteiger partial charge is 0.407 e. The molecule has 0 atom stereocenters. The zero-order chi connectivity index (χ0) is 36.3. The lowest BCUT2D eigenvalue weighted by molar-refractivity contribution is 0.0522. The van der Waals surface area contributed by atoms with Crippen LogP contribution in [0.5, 0.6) is 5.75 Å². The third kappa shape index (κ3) is 8.23. The predicted octanol–water partition coefficient (Wildman–Crippen LogP) is 7.46. The lowest BCUT2D eigenvalue weighted by Crippen LogP contribution is -2.33. The monoisotopic (exact) mass is 710 g/mol. The number of pyridine rings is 1. The van der Waals surface area contributed by atoms with Gasteiger partial charge >= 0.3 is 12.1 Å². The fourth-order valence-electron chi connectivity index (χ4n) is 6.37. The van der Waals surface area contributed by atoms with Crippen LogP contribution in [-0.4, -0.2) is 54.2 Å². The first kappa shape index (κ1) is 35.6. The maximum Gasteiger partial charge on any atom is 0.407 e. The Bertz CT molecular complexity index is 1990. The number of aromatic nitrogens is 1. The minimum atomic E-state index is -0.741. The SMILES string of the molecule is COC(=O)c1nc(C(=O)NC2CCCC2)ccc1-c1cc2c(cc1C(=O)Nc1ccc(CNC(=O)OC(C)(C)C)cc1C)-c1sccc1CCO2. The molecule has 0 radical (unpaired) electrons. The predicted molar refractivity (Wildman–Crippen MR) is 195 cm³/mol. The highest BCUT2D eigenvalue weighted by Crippen LogP contribution is 2.43. The summed E-state index contributed by atoms with van der Waals surface area (Å²) in [6, 6.07) is 14.3. The highest BCUT2D eigenvalue weighted by Gasteiger charge is 2.28. The molecule has 1 saturated carbocycles. The molecule has 4 aromatic rings. The molecule has 3 heterocycles. The number of hydrogen-bond donors (Lipinski definition) is 3. The van der Waals surface area contributed by atoms with Crippen LogP contribution in [-0.2, 0) is 22.4 Å². The standard InChI is InChI=1S/C39H42N4O7S/c1-22-18-23(21-40-38(47)50-39(2,3)4)10-12-30(22)43-35(44)28-19-29-32(49-16-14-24-15-17-51-34(24)29)20-27(28)26-11-13-31(42-33(26)37(46)48-5)36(45)41-25-8-6-7-9-25/h10-13,15,17-20,25H,6-9,14,16,21H2,1-5H3,(H,40,47)(H,41,45)(H,43,44). The number of aryl methyl sites for hydroxylation is 1. The number of anilines is 1. The van der Waals surface area contributed by atoms with Crippen molar-refractivity contribution >= 4 is 40.9 Å². The summed E-state index contributed by atoms with van der Waals surface area (Å²) < 4.78 is 16.7. The van der Waals surface area contributed by atoms with Crippen LogP contribution in [0, 0.1) is 6.92 Å². The van der Waals surface area contributed by atoms with Gasteiger partial charge in [-0.2, -0.15) is 0 Å². The Kier molecular flexibility index (Phi) is 10.4. The summed E-state index contributed by atoms with van der Waals surface area (Å²) in [5.41, 5.74) is 4.47. The fourth-order valence-corrected chi connectivity index (χ4v) is 7.34. The Morgan fingerprint density at radius 2 is 1.75 bits per heavy atom. The van der Waals surface area contributed by atoms with E-state index in [-0.39, 0.29) is 35.4 Å². The molecular weight excluding hydrogens is 669 g/mol. The normalized spacial score (nSPS) is 14.0. The molecule has 3 N–H and O–H groups in total. The van der Waals surface area contributed by atoms with E-state index < -0.39 is 23.6 Å². The number of fused-ring (bicyclic) bond motifs is 3. The maximum atomic E-state index is 14.3. The molecule has 12 heteroatoms. The fraction of sp³-hybridized carbons (Fsp3) is 0.359. The summed E-state index contributed by atoms with van der Waals surface area (Å²) >= 11 is 1.57. The molecule has 51 heavy (non-hydrogen) atoms. The number of nitrogens with zero attached hydrogens (tertiary/aromatic N) is 1. The number of benzene rings is 2. The van der Waals surface area contributed by atoms with Gasteiger partial charge in [-0.15, -0.1) is 11.3 Å². The van der Waals surface area contributed by atoms with Gasteiger partial charge < -0.3 is 30.2 Å². The van der Waals surface area contributed by atoms with Crippen molar-refractivity contribution in [3.8, 4) is 27.3 Å². The molecule has 2 aliphatic rings. The van der Waals surface area contributed by atoms with Crippen LogP contribution >= 0.6 is 11.3 Å². The van der Waals surface area contributed by atoms with E-state index in [1.807, 2.05) is 24.4 Å². The van der Waals surface area contributed by atoms with Crippen LogP contribution in [0.4, 0.5) is 10.5 Å². The average Bonchev–Trinajstić information content (AvgIpc) is 3.76. The number of amides is 3. The van der Waals surface area contributed by atoms with Crippen LogP contribution in [0.25, 0.3) is 21.6 Å². The molecule has 0 bridgehead atoms. The van der Waals surface area contributed by atoms with E-state index in [4.69, 9.17) is 14.2 Å². The summed E-state index contributed by atoms with van der Waals surface area (Å²) in [7, 11) is 1.25. The molecule has 2 aromatic carbocycles. The highest BCUT2D eigenvalue weighted by molar-refractivity contribution is 7.13. The first-order valence-corrected chi connectivity index (χ1v) is 17.9. The molecule has 3 amide bonds. The molecular formula is C39H42N4O7S. The molecule has 0 saturated heterocycles. The third-order valence-electron chi connectivity index (χ3n) is 8.85. The largest absolute Gasteiger partial charge is 0.493 e. The van der Waals surface area contributed by atoms with Gasteiger partial charge in [0.2, 0.25) is 0 Å². The minimum absolute atomic E-state index is 0.0680. The van der Waals surface area contributed by atoms with Gasteiger partial charge in [0, 0.05) is 51.8 Å². The number of carbonyl (C=O) groups is 4. The van der Waals surface area contributed by atoms with E-state index in [0.29, 0.717) is 35.6 Å². The lowest BCUT2D eigenvalue weighted by Gasteiger charge is -2.20. The Morgan fingerprint density at radius 3 is 2.47 bits per heavy atom. The van der Waals surface area contributed by atoms with E-state index >= 15 is 0 Å². The van der Waals surface area contributed by atoms with Crippen molar-refractivity contribution in [2.24, 2.45) is 0 Å². The zero-order valence-electron chi connectivity index (χ0n) is 29.4. The molecule has 6 rings (SSSR count). The maximum absolute atomic E-state index is 14.3. The third-order valence-corrected chi connectivity index (χ3v) is 9.84. The van der Waals surface area contributed by atoms with Gasteiger partial charge in [-0.25, -0.2) is 14.6 Å². The second-order valence-electron chi connectivity index (χ2n) is 13.8. The van der Waals surface area contributed by atoms with E-state index in [2.05, 4.69) is 27.0 Å². The van der Waals surface area contributed by atoms with E-state index in [0.717, 1.165) is 52.8 Å². The Morgan fingerprint density at radius 1 is 0.961 bits per heavy atom. The van der Waals surface area contributed by atoms with E-state index in [9.17, 15) is 19.2 Å². The van der Waals surface area contributed by atoms with Crippen molar-refractivity contribution in [3.05, 3.63) is 87.6 Å². The van der Waals surface area contributed by atoms with Gasteiger partial charge in [-0.05, 0) is 99.0 Å². The van der Waals surface area contributed by atoms with Gasteiger partial charge in [-0.3, -0.25) is 9.59 Å². The van der Waals surface area contributed by atoms with Crippen molar-refractivity contribution in [1.29, 1.82) is 0 Å². The van der Waals surface area contributed by atoms with Crippen molar-refractivity contribution in [3.63, 3.8) is 0 Å². The zero-order valence-corrected chi connectivity index (χ0v) is 30.3. The molecule has 1 fully saturated rings. The molecule has 1 aliphatic heterocycles. The lowest BCUT2D eigenvalue weighted by atomic mass is 9.93. The Balaban J connectivity index is 1.36. The number of nitrogens with one attached hydrogen (secondary N) is 3. The molecule has 2 aromatic heterocycles. The van der Waals surface area contributed by atoms with Crippen molar-refractivity contribution in [1.82, 2.24) is 15.6 Å². The number of hydrogen-bond acceptors (Lipinski definition) is 9. The van der Waals surface area contributed by atoms with Crippen LogP contribution < -0.4 is 20.7 Å². The van der Waals surface area contributed by atoms with Gasteiger partial charge in [0.15, 0.2) is 5.69 Å². The summed E-state index contributed by atoms with van der Waals surface area (Å²) in [5, 5.41) is 10.8. The average molecular weight is 711 g/mol. The van der Waals surface area contributed by atoms with Crippen LogP contribution in [0.1, 0.15) is 94.5 Å². The number of alkyl carbamates (subject to hydrolysis) is 1.